The standard InChI is InChI=1S/C20H26N6O2/c1-4-19-22-23-20-6-5-18(24-26(19)20)21-15-7-8-25(13-15)12-14-9-16(27-2)11-17(10-14)28-3/h5-6,9-11,15H,4,7-8,12-13H2,1-3H3,(H,21,24). The molecule has 0 aliphatic carbocycles. The van der Waals surface area contributed by atoms with Crippen molar-refractivity contribution in [2.24, 2.45) is 0 Å². The maximum Gasteiger partial charge on any atom is 0.178 e. The van der Waals surface area contributed by atoms with Crippen molar-refractivity contribution in [3.8, 4) is 11.5 Å². The summed E-state index contributed by atoms with van der Waals surface area (Å²) in [4.78, 5) is 2.43. The number of aryl methyl sites for hydroxylation is 1. The minimum Gasteiger partial charge on any atom is -0.497 e. The zero-order valence-corrected chi connectivity index (χ0v) is 16.6. The minimum absolute atomic E-state index is 0.360. The second-order valence-corrected chi connectivity index (χ2v) is 7.04. The molecule has 3 aromatic rings. The van der Waals surface area contributed by atoms with Crippen LogP contribution in [0.3, 0.4) is 0 Å². The quantitative estimate of drug-likeness (QED) is 0.672. The van der Waals surface area contributed by atoms with Crippen LogP contribution in [-0.4, -0.2) is 58.1 Å². The van der Waals surface area contributed by atoms with Crippen molar-refractivity contribution in [3.63, 3.8) is 0 Å². The van der Waals surface area contributed by atoms with Crippen LogP contribution >= 0.6 is 0 Å². The molecular weight excluding hydrogens is 356 g/mol. The van der Waals surface area contributed by atoms with Crippen molar-refractivity contribution >= 4 is 11.5 Å². The molecule has 8 nitrogen and oxygen atoms in total. The van der Waals surface area contributed by atoms with Gasteiger partial charge in [-0.05, 0) is 36.2 Å². The molecule has 0 radical (unpaired) electrons. The number of nitrogens with zero attached hydrogens (tertiary/aromatic N) is 5. The van der Waals surface area contributed by atoms with Gasteiger partial charge in [0.1, 0.15) is 17.3 Å². The lowest BCUT2D eigenvalue weighted by atomic mass is 10.2. The van der Waals surface area contributed by atoms with Gasteiger partial charge in [0.15, 0.2) is 11.5 Å². The molecule has 1 fully saturated rings. The topological polar surface area (TPSA) is 76.8 Å². The number of benzene rings is 1. The Balaban J connectivity index is 1.40. The fourth-order valence-corrected chi connectivity index (χ4v) is 3.65. The molecule has 1 aliphatic rings. The third kappa shape index (κ3) is 3.87. The van der Waals surface area contributed by atoms with Gasteiger partial charge in [-0.25, -0.2) is 0 Å². The Morgan fingerprint density at radius 2 is 1.89 bits per heavy atom. The van der Waals surface area contributed by atoms with Crippen molar-refractivity contribution in [3.05, 3.63) is 41.7 Å². The number of nitrogens with one attached hydrogen (secondary N) is 1. The average molecular weight is 382 g/mol. The largest absolute Gasteiger partial charge is 0.497 e. The van der Waals surface area contributed by atoms with E-state index in [-0.39, 0.29) is 0 Å². The summed E-state index contributed by atoms with van der Waals surface area (Å²) in [5.41, 5.74) is 1.97. The summed E-state index contributed by atoms with van der Waals surface area (Å²) in [5, 5.41) is 16.5. The number of anilines is 1. The lowest BCUT2D eigenvalue weighted by Gasteiger charge is -2.18. The Morgan fingerprint density at radius 3 is 2.61 bits per heavy atom. The molecule has 3 heterocycles. The second-order valence-electron chi connectivity index (χ2n) is 7.04. The molecule has 1 aliphatic heterocycles. The van der Waals surface area contributed by atoms with Crippen LogP contribution < -0.4 is 14.8 Å². The van der Waals surface area contributed by atoms with E-state index in [0.29, 0.717) is 6.04 Å². The Hall–Kier alpha value is -2.87. The molecule has 0 amide bonds. The maximum atomic E-state index is 5.38. The van der Waals surface area contributed by atoms with Crippen molar-refractivity contribution < 1.29 is 9.47 Å². The molecule has 28 heavy (non-hydrogen) atoms. The normalized spacial score (nSPS) is 17.2. The van der Waals surface area contributed by atoms with E-state index in [9.17, 15) is 0 Å². The van der Waals surface area contributed by atoms with Crippen LogP contribution in [0.25, 0.3) is 5.65 Å². The van der Waals surface area contributed by atoms with Gasteiger partial charge in [-0.3, -0.25) is 4.90 Å². The first kappa shape index (κ1) is 18.5. The molecule has 1 unspecified atom stereocenters. The number of likely N-dealkylation sites (tertiary alicyclic amines) is 1. The van der Waals surface area contributed by atoms with Crippen LogP contribution in [-0.2, 0) is 13.0 Å². The van der Waals surface area contributed by atoms with E-state index >= 15 is 0 Å². The van der Waals surface area contributed by atoms with Gasteiger partial charge in [0.25, 0.3) is 0 Å². The third-order valence-corrected chi connectivity index (χ3v) is 5.09. The lowest BCUT2D eigenvalue weighted by Crippen LogP contribution is -2.26. The fourth-order valence-electron chi connectivity index (χ4n) is 3.65. The lowest BCUT2D eigenvalue weighted by molar-refractivity contribution is 0.326. The molecule has 148 valence electrons. The number of fused-ring (bicyclic) bond motifs is 1. The first-order chi connectivity index (χ1) is 13.7. The first-order valence-electron chi connectivity index (χ1n) is 9.60. The number of hydrogen-bond acceptors (Lipinski definition) is 7. The first-order valence-corrected chi connectivity index (χ1v) is 9.60. The Morgan fingerprint density at radius 1 is 1.11 bits per heavy atom. The summed E-state index contributed by atoms with van der Waals surface area (Å²) in [6, 6.07) is 10.3. The average Bonchev–Trinajstić information content (AvgIpc) is 3.33. The number of ether oxygens (including phenoxy) is 2. The summed E-state index contributed by atoms with van der Waals surface area (Å²) >= 11 is 0. The molecular formula is C20H26N6O2. The molecule has 1 aromatic carbocycles. The summed E-state index contributed by atoms with van der Waals surface area (Å²) < 4.78 is 12.6. The summed E-state index contributed by atoms with van der Waals surface area (Å²) in [7, 11) is 3.36. The molecule has 1 saturated heterocycles. The molecule has 2 aromatic heterocycles. The van der Waals surface area contributed by atoms with E-state index < -0.39 is 0 Å². The molecule has 0 spiro atoms. The van der Waals surface area contributed by atoms with Crippen LogP contribution in [0.15, 0.2) is 30.3 Å². The van der Waals surface area contributed by atoms with Crippen LogP contribution in [0.5, 0.6) is 11.5 Å². The zero-order chi connectivity index (χ0) is 19.5. The number of rotatable bonds is 7. The van der Waals surface area contributed by atoms with Gasteiger partial charge in [0.2, 0.25) is 0 Å². The van der Waals surface area contributed by atoms with Crippen LogP contribution in [0.2, 0.25) is 0 Å². The van der Waals surface area contributed by atoms with Crippen molar-refractivity contribution in [1.82, 2.24) is 24.7 Å². The number of hydrogen-bond donors (Lipinski definition) is 1. The van der Waals surface area contributed by atoms with Gasteiger partial charge < -0.3 is 14.8 Å². The Labute approximate surface area is 164 Å². The molecule has 0 bridgehead atoms. The highest BCUT2D eigenvalue weighted by atomic mass is 16.5. The van der Waals surface area contributed by atoms with Gasteiger partial charge in [-0.2, -0.15) is 4.52 Å². The Kier molecular flexibility index (Phi) is 5.29. The van der Waals surface area contributed by atoms with E-state index in [1.54, 1.807) is 14.2 Å². The smallest absolute Gasteiger partial charge is 0.178 e. The van der Waals surface area contributed by atoms with E-state index in [4.69, 9.17) is 9.47 Å². The molecule has 8 heteroatoms. The van der Waals surface area contributed by atoms with Crippen LogP contribution in [0.1, 0.15) is 24.7 Å². The summed E-state index contributed by atoms with van der Waals surface area (Å²) in [6.07, 6.45) is 1.88. The second kappa shape index (κ2) is 8.02. The third-order valence-electron chi connectivity index (χ3n) is 5.09. The minimum atomic E-state index is 0.360. The highest BCUT2D eigenvalue weighted by Crippen LogP contribution is 2.25. The zero-order valence-electron chi connectivity index (χ0n) is 16.6. The van der Waals surface area contributed by atoms with Gasteiger partial charge in [0.05, 0.1) is 14.2 Å². The highest BCUT2D eigenvalue weighted by Gasteiger charge is 2.23. The van der Waals surface area contributed by atoms with E-state index in [0.717, 1.165) is 61.3 Å². The number of aromatic nitrogens is 4. The highest BCUT2D eigenvalue weighted by molar-refractivity contribution is 5.44. The predicted octanol–water partition coefficient (Wildman–Crippen LogP) is 2.39. The molecule has 0 saturated carbocycles. The van der Waals surface area contributed by atoms with Gasteiger partial charge in [-0.15, -0.1) is 15.3 Å². The van der Waals surface area contributed by atoms with Crippen molar-refractivity contribution in [2.75, 3.05) is 32.6 Å². The molecule has 1 atom stereocenters. The molecule has 4 rings (SSSR count). The van der Waals surface area contributed by atoms with Gasteiger partial charge >= 0.3 is 0 Å². The maximum absolute atomic E-state index is 5.38. The number of methoxy groups -OCH3 is 2. The fraction of sp³-hybridized carbons (Fsp3) is 0.450. The van der Waals surface area contributed by atoms with Gasteiger partial charge in [-0.1, -0.05) is 6.92 Å². The molecule has 1 N–H and O–H groups in total. The summed E-state index contributed by atoms with van der Waals surface area (Å²) in [6.45, 7) is 4.92. The predicted molar refractivity (Wildman–Crippen MR) is 107 cm³/mol. The van der Waals surface area contributed by atoms with Crippen LogP contribution in [0, 0.1) is 0 Å². The van der Waals surface area contributed by atoms with E-state index in [2.05, 4.69) is 44.6 Å². The SMILES string of the molecule is CCc1nnc2ccc(NC3CCN(Cc4cc(OC)cc(OC)c4)C3)nn12. The van der Waals surface area contributed by atoms with E-state index in [1.807, 2.05) is 22.7 Å². The van der Waals surface area contributed by atoms with Crippen LogP contribution in [0.4, 0.5) is 5.82 Å². The van der Waals surface area contributed by atoms with Crippen molar-refractivity contribution in [1.29, 1.82) is 0 Å². The van der Waals surface area contributed by atoms with Crippen molar-refractivity contribution in [2.45, 2.75) is 32.4 Å². The van der Waals surface area contributed by atoms with E-state index in [1.165, 1.54) is 5.56 Å². The summed E-state index contributed by atoms with van der Waals surface area (Å²) in [5.74, 6) is 3.37. The van der Waals surface area contributed by atoms with Gasteiger partial charge in [0, 0.05) is 38.2 Å². The Bertz CT molecular complexity index is 935. The monoisotopic (exact) mass is 382 g/mol.